The SMILES string of the molecule is Cn1cncc1C1(O)CC2CCCC(C1)S2(=O)=O. The highest BCUT2D eigenvalue weighted by Gasteiger charge is 2.51. The van der Waals surface area contributed by atoms with Crippen LogP contribution in [-0.4, -0.2) is 33.6 Å². The van der Waals surface area contributed by atoms with Gasteiger partial charge in [-0.3, -0.25) is 0 Å². The number of hydrogen-bond acceptors (Lipinski definition) is 4. The van der Waals surface area contributed by atoms with Crippen LogP contribution in [0.5, 0.6) is 0 Å². The van der Waals surface area contributed by atoms with Gasteiger partial charge in [-0.25, -0.2) is 13.4 Å². The van der Waals surface area contributed by atoms with Crippen molar-refractivity contribution in [2.75, 3.05) is 0 Å². The summed E-state index contributed by atoms with van der Waals surface area (Å²) in [5.41, 5.74) is -0.305. The van der Waals surface area contributed by atoms with E-state index in [9.17, 15) is 13.5 Å². The van der Waals surface area contributed by atoms with E-state index in [-0.39, 0.29) is 10.5 Å². The van der Waals surface area contributed by atoms with E-state index in [2.05, 4.69) is 4.98 Å². The van der Waals surface area contributed by atoms with Gasteiger partial charge in [0.05, 0.1) is 28.7 Å². The minimum Gasteiger partial charge on any atom is -0.383 e. The molecule has 2 bridgehead atoms. The molecule has 0 radical (unpaired) electrons. The average Bonchev–Trinajstić information content (AvgIpc) is 2.68. The third-order valence-corrected chi connectivity index (χ3v) is 7.07. The molecular weight excluding hydrogens is 252 g/mol. The second kappa shape index (κ2) is 3.81. The minimum atomic E-state index is -3.03. The minimum absolute atomic E-state index is 0.311. The standard InChI is InChI=1S/C12H18N2O3S/c1-14-8-13-7-11(14)12(15)5-9-3-2-4-10(6-12)18(9,16)17/h7-10,15H,2-6H2,1H3. The van der Waals surface area contributed by atoms with Crippen LogP contribution in [0.2, 0.25) is 0 Å². The summed E-state index contributed by atoms with van der Waals surface area (Å²) in [4.78, 5) is 4.03. The van der Waals surface area contributed by atoms with E-state index < -0.39 is 15.4 Å². The number of hydrogen-bond donors (Lipinski definition) is 1. The van der Waals surface area contributed by atoms with Crippen molar-refractivity contribution >= 4 is 9.84 Å². The van der Waals surface area contributed by atoms with Crippen LogP contribution in [0.4, 0.5) is 0 Å². The summed E-state index contributed by atoms with van der Waals surface area (Å²) in [5.74, 6) is 0. The molecule has 18 heavy (non-hydrogen) atoms. The van der Waals surface area contributed by atoms with Crippen LogP contribution in [0.25, 0.3) is 0 Å². The fraction of sp³-hybridized carbons (Fsp3) is 0.750. The lowest BCUT2D eigenvalue weighted by atomic mass is 9.83. The molecule has 0 spiro atoms. The van der Waals surface area contributed by atoms with Crippen molar-refractivity contribution in [3.8, 4) is 0 Å². The van der Waals surface area contributed by atoms with Crippen LogP contribution in [0.15, 0.2) is 12.5 Å². The number of nitrogens with zero attached hydrogens (tertiary/aromatic N) is 2. The Morgan fingerprint density at radius 2 is 2.00 bits per heavy atom. The third kappa shape index (κ3) is 1.62. The molecule has 0 aromatic carbocycles. The zero-order chi connectivity index (χ0) is 13.0. The van der Waals surface area contributed by atoms with E-state index in [0.717, 1.165) is 12.1 Å². The molecule has 6 heteroatoms. The molecule has 1 aromatic rings. The Kier molecular flexibility index (Phi) is 2.57. The molecule has 2 unspecified atom stereocenters. The lowest BCUT2D eigenvalue weighted by Crippen LogP contribution is -2.50. The Balaban J connectivity index is 2.01. The number of sulfone groups is 1. The van der Waals surface area contributed by atoms with Gasteiger partial charge in [0.25, 0.3) is 0 Å². The second-order valence-electron chi connectivity index (χ2n) is 5.59. The maximum atomic E-state index is 12.2. The predicted molar refractivity (Wildman–Crippen MR) is 66.7 cm³/mol. The zero-order valence-electron chi connectivity index (χ0n) is 10.4. The van der Waals surface area contributed by atoms with Crippen molar-refractivity contribution in [2.45, 2.75) is 48.2 Å². The first-order valence-electron chi connectivity index (χ1n) is 6.35. The fourth-order valence-corrected chi connectivity index (χ4v) is 6.01. The summed E-state index contributed by atoms with van der Waals surface area (Å²) in [7, 11) is -1.20. The first kappa shape index (κ1) is 12.2. The van der Waals surface area contributed by atoms with Crippen molar-refractivity contribution in [1.29, 1.82) is 0 Å². The Morgan fingerprint density at radius 3 is 2.50 bits per heavy atom. The highest BCUT2D eigenvalue weighted by molar-refractivity contribution is 7.92. The van der Waals surface area contributed by atoms with Gasteiger partial charge in [-0.1, -0.05) is 6.42 Å². The fourth-order valence-electron chi connectivity index (χ4n) is 3.46. The molecule has 2 saturated heterocycles. The summed E-state index contributed by atoms with van der Waals surface area (Å²) in [5, 5.41) is 10.1. The van der Waals surface area contributed by atoms with Crippen molar-refractivity contribution in [3.05, 3.63) is 18.2 Å². The molecule has 5 nitrogen and oxygen atoms in total. The van der Waals surface area contributed by atoms with Gasteiger partial charge in [0, 0.05) is 7.05 Å². The molecule has 1 aromatic heterocycles. The summed E-state index contributed by atoms with van der Waals surface area (Å²) in [6.45, 7) is 0. The van der Waals surface area contributed by atoms with Crippen molar-refractivity contribution in [1.82, 2.24) is 9.55 Å². The summed E-state index contributed by atoms with van der Waals surface area (Å²) >= 11 is 0. The molecule has 2 atom stereocenters. The maximum absolute atomic E-state index is 12.2. The van der Waals surface area contributed by atoms with Gasteiger partial charge in [-0.15, -0.1) is 0 Å². The van der Waals surface area contributed by atoms with Gasteiger partial charge in [-0.2, -0.15) is 0 Å². The van der Waals surface area contributed by atoms with Gasteiger partial charge in [-0.05, 0) is 25.7 Å². The third-order valence-electron chi connectivity index (χ3n) is 4.41. The molecule has 2 aliphatic rings. The highest BCUT2D eigenvalue weighted by Crippen LogP contribution is 2.45. The van der Waals surface area contributed by atoms with Crippen LogP contribution < -0.4 is 0 Å². The van der Waals surface area contributed by atoms with Crippen molar-refractivity contribution in [2.24, 2.45) is 7.05 Å². The predicted octanol–water partition coefficient (Wildman–Crippen LogP) is 0.737. The Labute approximate surface area is 107 Å². The monoisotopic (exact) mass is 270 g/mol. The Bertz CT molecular complexity index is 544. The topological polar surface area (TPSA) is 72.2 Å². The normalized spacial score (nSPS) is 38.6. The maximum Gasteiger partial charge on any atom is 0.156 e. The average molecular weight is 270 g/mol. The van der Waals surface area contributed by atoms with Gasteiger partial charge in [0.15, 0.2) is 9.84 Å². The first-order valence-corrected chi connectivity index (χ1v) is 7.96. The van der Waals surface area contributed by atoms with E-state index in [4.69, 9.17) is 0 Å². The molecule has 3 heterocycles. The largest absolute Gasteiger partial charge is 0.383 e. The lowest BCUT2D eigenvalue weighted by Gasteiger charge is -2.43. The van der Waals surface area contributed by atoms with Gasteiger partial charge >= 0.3 is 0 Å². The molecule has 0 saturated carbocycles. The zero-order valence-corrected chi connectivity index (χ0v) is 11.2. The van der Waals surface area contributed by atoms with Gasteiger partial charge in [0.2, 0.25) is 0 Å². The van der Waals surface area contributed by atoms with Crippen LogP contribution in [0, 0.1) is 0 Å². The summed E-state index contributed by atoms with van der Waals surface area (Å²) in [6.07, 6.45) is 6.23. The van der Waals surface area contributed by atoms with Crippen LogP contribution in [0.3, 0.4) is 0 Å². The van der Waals surface area contributed by atoms with Crippen LogP contribution in [-0.2, 0) is 22.5 Å². The molecule has 100 valence electrons. The number of rotatable bonds is 1. The molecule has 1 N–H and O–H groups in total. The molecule has 0 amide bonds. The first-order chi connectivity index (χ1) is 8.43. The number of aliphatic hydroxyl groups is 1. The van der Waals surface area contributed by atoms with E-state index in [1.54, 1.807) is 17.1 Å². The number of aryl methyl sites for hydroxylation is 1. The van der Waals surface area contributed by atoms with Gasteiger partial charge in [0.1, 0.15) is 5.60 Å². The van der Waals surface area contributed by atoms with E-state index in [1.165, 1.54) is 0 Å². The second-order valence-corrected chi connectivity index (χ2v) is 8.10. The van der Waals surface area contributed by atoms with Gasteiger partial charge < -0.3 is 9.67 Å². The van der Waals surface area contributed by atoms with Crippen LogP contribution >= 0.6 is 0 Å². The van der Waals surface area contributed by atoms with Crippen LogP contribution in [0.1, 0.15) is 37.8 Å². The van der Waals surface area contributed by atoms with Crippen molar-refractivity contribution < 1.29 is 13.5 Å². The van der Waals surface area contributed by atoms with E-state index in [1.807, 2.05) is 7.05 Å². The lowest BCUT2D eigenvalue weighted by molar-refractivity contribution is -0.00149. The molecule has 2 fully saturated rings. The van der Waals surface area contributed by atoms with E-state index in [0.29, 0.717) is 25.7 Å². The summed E-state index contributed by atoms with van der Waals surface area (Å²) in [6, 6.07) is 0. The Hall–Kier alpha value is -0.880. The number of imidazole rings is 1. The molecular formula is C12H18N2O3S. The molecule has 2 aliphatic heterocycles. The highest BCUT2D eigenvalue weighted by atomic mass is 32.2. The number of fused-ring (bicyclic) bond motifs is 2. The number of aromatic nitrogens is 2. The van der Waals surface area contributed by atoms with Crippen molar-refractivity contribution in [3.63, 3.8) is 0 Å². The molecule has 0 aliphatic carbocycles. The Morgan fingerprint density at radius 1 is 1.39 bits per heavy atom. The van der Waals surface area contributed by atoms with E-state index >= 15 is 0 Å². The smallest absolute Gasteiger partial charge is 0.156 e. The molecule has 3 rings (SSSR count). The summed E-state index contributed by atoms with van der Waals surface area (Å²) < 4.78 is 26.2. The quantitative estimate of drug-likeness (QED) is 0.817.